The first kappa shape index (κ1) is 11.0. The fraction of sp³-hybridized carbons (Fsp3) is 0.143. The Bertz CT molecular complexity index is 453. The molecule has 0 heterocycles. The minimum atomic E-state index is -0.0453. The van der Waals surface area contributed by atoms with E-state index < -0.39 is 0 Å². The van der Waals surface area contributed by atoms with E-state index in [2.05, 4.69) is 0 Å². The Balaban J connectivity index is 2.15. The molecule has 2 rings (SSSR count). The molecular weight excluding hydrogens is 220 g/mol. The summed E-state index contributed by atoms with van der Waals surface area (Å²) in [6, 6.07) is 17.5. The van der Waals surface area contributed by atoms with Gasteiger partial charge in [0.2, 0.25) is 0 Å². The van der Waals surface area contributed by atoms with Crippen molar-refractivity contribution in [3.8, 4) is 5.75 Å². The van der Waals surface area contributed by atoms with Gasteiger partial charge in [0.1, 0.15) is 11.9 Å². The van der Waals surface area contributed by atoms with Crippen molar-refractivity contribution in [1.82, 2.24) is 0 Å². The Kier molecular flexibility index (Phi) is 3.47. The Morgan fingerprint density at radius 3 is 2.25 bits per heavy atom. The van der Waals surface area contributed by atoms with Crippen LogP contribution in [0.5, 0.6) is 5.75 Å². The summed E-state index contributed by atoms with van der Waals surface area (Å²) in [4.78, 5) is 0. The highest BCUT2D eigenvalue weighted by Crippen LogP contribution is 2.26. The first-order valence-corrected chi connectivity index (χ1v) is 5.61. The second-order valence-corrected chi connectivity index (χ2v) is 4.00. The van der Waals surface area contributed by atoms with Gasteiger partial charge in [-0.05, 0) is 25.1 Å². The highest BCUT2D eigenvalue weighted by Gasteiger charge is 2.09. The van der Waals surface area contributed by atoms with Gasteiger partial charge >= 0.3 is 0 Å². The van der Waals surface area contributed by atoms with Gasteiger partial charge in [-0.15, -0.1) is 0 Å². The number of ether oxygens (including phenoxy) is 1. The van der Waals surface area contributed by atoms with E-state index >= 15 is 0 Å². The lowest BCUT2D eigenvalue weighted by Crippen LogP contribution is -2.03. The van der Waals surface area contributed by atoms with Gasteiger partial charge in [0.05, 0.1) is 0 Å². The SMILES string of the molecule is CC(Oc1ccccc1)c1ccccc1Cl. The van der Waals surface area contributed by atoms with Crippen molar-refractivity contribution in [2.75, 3.05) is 0 Å². The number of hydrogen-bond donors (Lipinski definition) is 0. The van der Waals surface area contributed by atoms with Crippen LogP contribution >= 0.6 is 11.6 Å². The molecule has 0 radical (unpaired) electrons. The van der Waals surface area contributed by atoms with Crippen LogP contribution < -0.4 is 4.74 Å². The molecule has 0 spiro atoms. The van der Waals surface area contributed by atoms with Crippen LogP contribution in [0.15, 0.2) is 54.6 Å². The van der Waals surface area contributed by atoms with Crippen LogP contribution in [0.25, 0.3) is 0 Å². The molecule has 82 valence electrons. The van der Waals surface area contributed by atoms with Crippen molar-refractivity contribution >= 4 is 11.6 Å². The number of para-hydroxylation sites is 1. The molecule has 0 saturated carbocycles. The average molecular weight is 233 g/mol. The highest BCUT2D eigenvalue weighted by atomic mass is 35.5. The average Bonchev–Trinajstić information content (AvgIpc) is 2.31. The topological polar surface area (TPSA) is 9.23 Å². The zero-order chi connectivity index (χ0) is 11.4. The van der Waals surface area contributed by atoms with Gasteiger partial charge in [-0.25, -0.2) is 0 Å². The van der Waals surface area contributed by atoms with Crippen molar-refractivity contribution in [2.24, 2.45) is 0 Å². The minimum Gasteiger partial charge on any atom is -0.486 e. The third kappa shape index (κ3) is 2.56. The number of benzene rings is 2. The van der Waals surface area contributed by atoms with Crippen molar-refractivity contribution in [1.29, 1.82) is 0 Å². The van der Waals surface area contributed by atoms with Crippen LogP contribution in [0.3, 0.4) is 0 Å². The molecule has 1 atom stereocenters. The molecule has 2 heteroatoms. The van der Waals surface area contributed by atoms with E-state index in [4.69, 9.17) is 16.3 Å². The second kappa shape index (κ2) is 5.04. The van der Waals surface area contributed by atoms with Crippen molar-refractivity contribution < 1.29 is 4.74 Å². The lowest BCUT2D eigenvalue weighted by Gasteiger charge is -2.16. The number of hydrogen-bond acceptors (Lipinski definition) is 1. The van der Waals surface area contributed by atoms with Gasteiger partial charge < -0.3 is 4.74 Å². The van der Waals surface area contributed by atoms with E-state index in [1.165, 1.54) is 0 Å². The van der Waals surface area contributed by atoms with Crippen molar-refractivity contribution in [3.05, 3.63) is 65.2 Å². The molecule has 0 N–H and O–H groups in total. The molecular formula is C14H13ClO. The fourth-order valence-corrected chi connectivity index (χ4v) is 1.86. The zero-order valence-corrected chi connectivity index (χ0v) is 9.82. The molecule has 2 aromatic rings. The van der Waals surface area contributed by atoms with E-state index in [1.807, 2.05) is 61.5 Å². The number of rotatable bonds is 3. The van der Waals surface area contributed by atoms with E-state index in [0.29, 0.717) is 0 Å². The molecule has 1 nitrogen and oxygen atoms in total. The number of halogens is 1. The summed E-state index contributed by atoms with van der Waals surface area (Å²) in [6.07, 6.45) is -0.0453. The van der Waals surface area contributed by atoms with E-state index in [0.717, 1.165) is 16.3 Å². The predicted molar refractivity (Wildman–Crippen MR) is 66.9 cm³/mol. The maximum Gasteiger partial charge on any atom is 0.122 e. The van der Waals surface area contributed by atoms with Gasteiger partial charge in [0.15, 0.2) is 0 Å². The van der Waals surface area contributed by atoms with Crippen LogP contribution in [0.2, 0.25) is 5.02 Å². The molecule has 0 bridgehead atoms. The summed E-state index contributed by atoms with van der Waals surface area (Å²) >= 11 is 6.11. The summed E-state index contributed by atoms with van der Waals surface area (Å²) in [5, 5.41) is 0.742. The smallest absolute Gasteiger partial charge is 0.122 e. The van der Waals surface area contributed by atoms with Crippen molar-refractivity contribution in [2.45, 2.75) is 13.0 Å². The Hall–Kier alpha value is -1.47. The lowest BCUT2D eigenvalue weighted by molar-refractivity contribution is 0.227. The van der Waals surface area contributed by atoms with Gasteiger partial charge in [-0.1, -0.05) is 48.0 Å². The Morgan fingerprint density at radius 1 is 0.938 bits per heavy atom. The summed E-state index contributed by atoms with van der Waals surface area (Å²) in [6.45, 7) is 1.99. The fourth-order valence-electron chi connectivity index (χ4n) is 1.57. The quantitative estimate of drug-likeness (QED) is 0.758. The maximum atomic E-state index is 6.11. The van der Waals surface area contributed by atoms with E-state index in [1.54, 1.807) is 0 Å². The standard InChI is InChI=1S/C14H13ClO/c1-11(13-9-5-6-10-14(13)15)16-12-7-3-2-4-8-12/h2-11H,1H3. The van der Waals surface area contributed by atoms with Gasteiger partial charge in [0, 0.05) is 10.6 Å². The zero-order valence-electron chi connectivity index (χ0n) is 9.06. The third-order valence-electron chi connectivity index (χ3n) is 2.40. The molecule has 2 aromatic carbocycles. The Morgan fingerprint density at radius 2 is 1.56 bits per heavy atom. The molecule has 1 unspecified atom stereocenters. The monoisotopic (exact) mass is 232 g/mol. The second-order valence-electron chi connectivity index (χ2n) is 3.59. The normalized spacial score (nSPS) is 12.1. The Labute approximate surface area is 101 Å². The predicted octanol–water partition coefficient (Wildman–Crippen LogP) is 4.48. The lowest BCUT2D eigenvalue weighted by atomic mass is 10.1. The molecule has 0 amide bonds. The van der Waals surface area contributed by atoms with Gasteiger partial charge in [-0.2, -0.15) is 0 Å². The van der Waals surface area contributed by atoms with Gasteiger partial charge in [0.25, 0.3) is 0 Å². The molecule has 0 aliphatic carbocycles. The van der Waals surface area contributed by atoms with Crippen LogP contribution in [0, 0.1) is 0 Å². The van der Waals surface area contributed by atoms with E-state index in [9.17, 15) is 0 Å². The molecule has 0 saturated heterocycles. The minimum absolute atomic E-state index is 0.0453. The summed E-state index contributed by atoms with van der Waals surface area (Å²) < 4.78 is 5.80. The molecule has 0 aliphatic heterocycles. The highest BCUT2D eigenvalue weighted by molar-refractivity contribution is 6.31. The molecule has 0 aromatic heterocycles. The maximum absolute atomic E-state index is 6.11. The molecule has 0 aliphatic rings. The van der Waals surface area contributed by atoms with E-state index in [-0.39, 0.29) is 6.10 Å². The van der Waals surface area contributed by atoms with Crippen LogP contribution in [-0.2, 0) is 0 Å². The molecule has 0 fully saturated rings. The van der Waals surface area contributed by atoms with Crippen LogP contribution in [0.1, 0.15) is 18.6 Å². The van der Waals surface area contributed by atoms with Gasteiger partial charge in [-0.3, -0.25) is 0 Å². The van der Waals surface area contributed by atoms with Crippen LogP contribution in [0.4, 0.5) is 0 Å². The van der Waals surface area contributed by atoms with Crippen molar-refractivity contribution in [3.63, 3.8) is 0 Å². The largest absolute Gasteiger partial charge is 0.486 e. The third-order valence-corrected chi connectivity index (χ3v) is 2.74. The van der Waals surface area contributed by atoms with Crippen LogP contribution in [-0.4, -0.2) is 0 Å². The molecule has 16 heavy (non-hydrogen) atoms. The first-order chi connectivity index (χ1) is 7.77. The summed E-state index contributed by atoms with van der Waals surface area (Å²) in [5.74, 6) is 0.856. The first-order valence-electron chi connectivity index (χ1n) is 5.23. The summed E-state index contributed by atoms with van der Waals surface area (Å²) in [7, 11) is 0. The summed E-state index contributed by atoms with van der Waals surface area (Å²) in [5.41, 5.74) is 1.01.